The van der Waals surface area contributed by atoms with Gasteiger partial charge in [-0.3, -0.25) is 9.29 Å². The number of urea groups is 1. The lowest BCUT2D eigenvalue weighted by Gasteiger charge is -2.33. The maximum absolute atomic E-state index is 11.9. The van der Waals surface area contributed by atoms with Gasteiger partial charge in [-0.2, -0.15) is 0 Å². The summed E-state index contributed by atoms with van der Waals surface area (Å²) in [6.07, 6.45) is 9.45. The number of carbonyl (C=O) groups excluding carboxylic acids is 1. The van der Waals surface area contributed by atoms with Crippen LogP contribution in [0.5, 0.6) is 0 Å². The lowest BCUT2D eigenvalue weighted by molar-refractivity contribution is 0.210. The molecule has 2 rings (SSSR count). The van der Waals surface area contributed by atoms with E-state index in [1.54, 1.807) is 28.6 Å². The average Bonchev–Trinajstić information content (AvgIpc) is 2.97. The van der Waals surface area contributed by atoms with E-state index in [2.05, 4.69) is 11.9 Å². The maximum Gasteiger partial charge on any atom is 0.325 e. The Bertz CT molecular complexity index is 420. The molecular weight excluding hydrogens is 270 g/mol. The van der Waals surface area contributed by atoms with Crippen LogP contribution >= 0.6 is 11.9 Å². The second kappa shape index (κ2) is 7.53. The highest BCUT2D eigenvalue weighted by atomic mass is 32.2. The monoisotopic (exact) mass is 293 g/mol. The van der Waals surface area contributed by atoms with Crippen LogP contribution < -0.4 is 5.73 Å². The fourth-order valence-corrected chi connectivity index (χ4v) is 3.86. The first kappa shape index (κ1) is 15.2. The molecule has 0 spiro atoms. The fraction of sp³-hybridized carbons (Fsp3) is 0.600. The zero-order chi connectivity index (χ0) is 14.4. The Morgan fingerprint density at radius 1 is 1.45 bits per heavy atom. The van der Waals surface area contributed by atoms with Gasteiger partial charge >= 0.3 is 6.03 Å². The Hall–Kier alpha value is -1.23. The molecule has 2 N–H and O–H groups in total. The highest BCUT2D eigenvalue weighted by Crippen LogP contribution is 2.41. The quantitative estimate of drug-likeness (QED) is 0.813. The first-order chi connectivity index (χ1) is 9.74. The van der Waals surface area contributed by atoms with Crippen molar-refractivity contribution in [2.45, 2.75) is 45.1 Å². The Balaban J connectivity index is 2.26. The fourth-order valence-electron chi connectivity index (χ4n) is 2.90. The molecule has 1 unspecified atom stereocenters. The van der Waals surface area contributed by atoms with Crippen LogP contribution in [0.2, 0.25) is 0 Å². The number of aromatic nitrogens is 1. The van der Waals surface area contributed by atoms with Gasteiger partial charge in [0.2, 0.25) is 0 Å². The van der Waals surface area contributed by atoms with Gasteiger partial charge in [0.1, 0.15) is 0 Å². The number of pyridine rings is 1. The van der Waals surface area contributed by atoms with Crippen LogP contribution in [0, 0.1) is 5.92 Å². The summed E-state index contributed by atoms with van der Waals surface area (Å²) in [6, 6.07) is 3.75. The number of amides is 2. The molecule has 20 heavy (non-hydrogen) atoms. The number of nitrogens with zero attached hydrogens (tertiary/aromatic N) is 2. The van der Waals surface area contributed by atoms with Crippen molar-refractivity contribution in [3.63, 3.8) is 0 Å². The van der Waals surface area contributed by atoms with E-state index in [0.29, 0.717) is 5.92 Å². The minimum absolute atomic E-state index is 0.0783. The lowest BCUT2D eigenvalue weighted by atomic mass is 9.92. The van der Waals surface area contributed by atoms with E-state index in [4.69, 9.17) is 5.73 Å². The molecule has 1 atom stereocenters. The highest BCUT2D eigenvalue weighted by Gasteiger charge is 2.33. The van der Waals surface area contributed by atoms with Crippen LogP contribution in [0.1, 0.15) is 50.6 Å². The van der Waals surface area contributed by atoms with E-state index in [-0.39, 0.29) is 12.1 Å². The molecule has 0 saturated heterocycles. The second-order valence-corrected chi connectivity index (χ2v) is 6.33. The first-order valence-electron chi connectivity index (χ1n) is 7.35. The summed E-state index contributed by atoms with van der Waals surface area (Å²) in [5.41, 5.74) is 6.78. The summed E-state index contributed by atoms with van der Waals surface area (Å²) >= 11 is 1.56. The normalized spacial score (nSPS) is 17.1. The van der Waals surface area contributed by atoms with Crippen LogP contribution in [-0.2, 0) is 0 Å². The first-order valence-corrected chi connectivity index (χ1v) is 8.29. The van der Waals surface area contributed by atoms with Crippen molar-refractivity contribution in [3.8, 4) is 0 Å². The van der Waals surface area contributed by atoms with Gasteiger partial charge in [0.25, 0.3) is 0 Å². The number of nitrogens with two attached hydrogens (primary N) is 1. The molecule has 1 heterocycles. The van der Waals surface area contributed by atoms with Crippen molar-refractivity contribution in [2.24, 2.45) is 11.7 Å². The second-order valence-electron chi connectivity index (χ2n) is 5.27. The van der Waals surface area contributed by atoms with Crippen molar-refractivity contribution in [2.75, 3.05) is 5.75 Å². The van der Waals surface area contributed by atoms with Gasteiger partial charge in [0, 0.05) is 18.1 Å². The summed E-state index contributed by atoms with van der Waals surface area (Å²) in [7, 11) is 0. The molecule has 1 aliphatic rings. The van der Waals surface area contributed by atoms with Gasteiger partial charge < -0.3 is 5.73 Å². The third-order valence-corrected chi connectivity index (χ3v) is 5.07. The molecule has 1 fully saturated rings. The molecule has 1 saturated carbocycles. The predicted octanol–water partition coefficient (Wildman–Crippen LogP) is 3.75. The zero-order valence-electron chi connectivity index (χ0n) is 12.0. The van der Waals surface area contributed by atoms with Crippen molar-refractivity contribution in [1.82, 2.24) is 9.29 Å². The summed E-state index contributed by atoms with van der Waals surface area (Å²) in [4.78, 5) is 16.0. The molecule has 1 aromatic heterocycles. The molecule has 1 aromatic rings. The van der Waals surface area contributed by atoms with E-state index in [0.717, 1.165) is 17.7 Å². The van der Waals surface area contributed by atoms with Crippen LogP contribution in [0.4, 0.5) is 4.79 Å². The molecule has 0 aromatic carbocycles. The Morgan fingerprint density at radius 2 is 2.10 bits per heavy atom. The van der Waals surface area contributed by atoms with Gasteiger partial charge in [-0.25, -0.2) is 4.79 Å². The van der Waals surface area contributed by atoms with Gasteiger partial charge in [0.15, 0.2) is 0 Å². The van der Waals surface area contributed by atoms with Gasteiger partial charge in [0.05, 0.1) is 6.04 Å². The Kier molecular flexibility index (Phi) is 5.71. The molecule has 1 aliphatic carbocycles. The molecule has 0 aliphatic heterocycles. The van der Waals surface area contributed by atoms with E-state index >= 15 is 0 Å². The number of rotatable bonds is 6. The smallest absolute Gasteiger partial charge is 0.325 e. The summed E-state index contributed by atoms with van der Waals surface area (Å²) in [5, 5.41) is 0. The number of primary amides is 1. The Morgan fingerprint density at radius 3 is 2.65 bits per heavy atom. The molecular formula is C15H23N3OS. The van der Waals surface area contributed by atoms with Crippen molar-refractivity contribution in [3.05, 3.63) is 30.1 Å². The molecule has 110 valence electrons. The van der Waals surface area contributed by atoms with Crippen LogP contribution in [0.3, 0.4) is 0 Å². The largest absolute Gasteiger partial charge is 0.351 e. The minimum atomic E-state index is -0.336. The summed E-state index contributed by atoms with van der Waals surface area (Å²) in [6.45, 7) is 2.11. The Labute approximate surface area is 125 Å². The van der Waals surface area contributed by atoms with Crippen LogP contribution in [0.25, 0.3) is 0 Å². The van der Waals surface area contributed by atoms with Gasteiger partial charge in [-0.1, -0.05) is 19.8 Å². The number of hydrogen-bond acceptors (Lipinski definition) is 3. The van der Waals surface area contributed by atoms with Gasteiger partial charge in [-0.05, 0) is 54.8 Å². The maximum atomic E-state index is 11.9. The molecule has 0 bridgehead atoms. The molecule has 4 nitrogen and oxygen atoms in total. The van der Waals surface area contributed by atoms with E-state index in [9.17, 15) is 4.79 Å². The standard InChI is InChI=1S/C15H23N3OS/c1-2-11-20-18(15(16)19)14(12-5-3-4-6-12)13-7-9-17-10-8-13/h7-10,12,14H,2-6,11H2,1H3,(H2,16,19). The van der Waals surface area contributed by atoms with Crippen LogP contribution in [-0.4, -0.2) is 21.1 Å². The third kappa shape index (κ3) is 3.66. The highest BCUT2D eigenvalue weighted by molar-refractivity contribution is 7.97. The van der Waals surface area contributed by atoms with Gasteiger partial charge in [-0.15, -0.1) is 0 Å². The average molecular weight is 293 g/mol. The SMILES string of the molecule is CCCSN(C(N)=O)C(c1ccncc1)C1CCCC1. The molecule has 2 amide bonds. The lowest BCUT2D eigenvalue weighted by Crippen LogP contribution is -2.37. The summed E-state index contributed by atoms with van der Waals surface area (Å²) in [5.74, 6) is 1.42. The van der Waals surface area contributed by atoms with E-state index in [1.165, 1.54) is 25.7 Å². The minimum Gasteiger partial charge on any atom is -0.351 e. The number of hydrogen-bond donors (Lipinski definition) is 1. The molecule has 0 radical (unpaired) electrons. The van der Waals surface area contributed by atoms with E-state index in [1.807, 2.05) is 12.1 Å². The zero-order valence-corrected chi connectivity index (χ0v) is 12.8. The van der Waals surface area contributed by atoms with Crippen molar-refractivity contribution < 1.29 is 4.79 Å². The number of carbonyl (C=O) groups is 1. The van der Waals surface area contributed by atoms with E-state index < -0.39 is 0 Å². The van der Waals surface area contributed by atoms with Crippen molar-refractivity contribution >= 4 is 18.0 Å². The topological polar surface area (TPSA) is 59.2 Å². The summed E-state index contributed by atoms with van der Waals surface area (Å²) < 4.78 is 1.79. The predicted molar refractivity (Wildman–Crippen MR) is 83.1 cm³/mol. The van der Waals surface area contributed by atoms with Crippen molar-refractivity contribution in [1.29, 1.82) is 0 Å². The molecule has 5 heteroatoms. The third-order valence-electron chi connectivity index (χ3n) is 3.80. The van der Waals surface area contributed by atoms with Crippen LogP contribution in [0.15, 0.2) is 24.5 Å².